The van der Waals surface area contributed by atoms with E-state index >= 15 is 0 Å². The van der Waals surface area contributed by atoms with Crippen LogP contribution in [0.3, 0.4) is 0 Å². The SMILES string of the molecule is Cc1nc([C@@H]2CCCN2S(=O)(=O)N(C)C)nc2c1CCC(=O)N2CCc1ccccc1. The average Bonchev–Trinajstić information content (AvgIpc) is 3.24. The first-order chi connectivity index (χ1) is 14.8. The third-order valence-electron chi connectivity index (χ3n) is 6.08. The van der Waals surface area contributed by atoms with Gasteiger partial charge in [-0.15, -0.1) is 0 Å². The zero-order chi connectivity index (χ0) is 22.2. The first kappa shape index (κ1) is 21.9. The number of aryl methyl sites for hydroxylation is 1. The highest BCUT2D eigenvalue weighted by Gasteiger charge is 2.39. The van der Waals surface area contributed by atoms with Crippen molar-refractivity contribution in [2.24, 2.45) is 0 Å². The molecule has 1 fully saturated rings. The van der Waals surface area contributed by atoms with E-state index in [4.69, 9.17) is 9.97 Å². The Labute approximate surface area is 184 Å². The molecule has 4 rings (SSSR count). The lowest BCUT2D eigenvalue weighted by molar-refractivity contribution is -0.118. The Morgan fingerprint density at radius 1 is 1.13 bits per heavy atom. The summed E-state index contributed by atoms with van der Waals surface area (Å²) in [5.41, 5.74) is 2.97. The smallest absolute Gasteiger partial charge is 0.282 e. The maximum Gasteiger partial charge on any atom is 0.282 e. The summed E-state index contributed by atoms with van der Waals surface area (Å²) in [6.07, 6.45) is 3.22. The van der Waals surface area contributed by atoms with E-state index in [1.807, 2.05) is 25.1 Å². The summed E-state index contributed by atoms with van der Waals surface area (Å²) >= 11 is 0. The molecule has 1 aromatic carbocycles. The van der Waals surface area contributed by atoms with Crippen LogP contribution >= 0.6 is 0 Å². The Morgan fingerprint density at radius 3 is 2.58 bits per heavy atom. The predicted molar refractivity (Wildman–Crippen MR) is 119 cm³/mol. The second-order valence-corrected chi connectivity index (χ2v) is 10.4. The molecular formula is C22H29N5O3S. The Bertz CT molecular complexity index is 1070. The summed E-state index contributed by atoms with van der Waals surface area (Å²) in [7, 11) is -0.502. The molecule has 2 aliphatic rings. The number of aromatic nitrogens is 2. The number of benzene rings is 1. The summed E-state index contributed by atoms with van der Waals surface area (Å²) in [5.74, 6) is 1.18. The summed E-state index contributed by atoms with van der Waals surface area (Å²) in [6, 6.07) is 9.65. The maximum absolute atomic E-state index is 12.8. The number of fused-ring (bicyclic) bond motifs is 1. The summed E-state index contributed by atoms with van der Waals surface area (Å²) in [4.78, 5) is 24.0. The number of hydrogen-bond acceptors (Lipinski definition) is 5. The molecule has 0 bridgehead atoms. The van der Waals surface area contributed by atoms with Crippen molar-refractivity contribution in [3.8, 4) is 0 Å². The molecule has 1 saturated heterocycles. The summed E-state index contributed by atoms with van der Waals surface area (Å²) in [6.45, 7) is 2.91. The van der Waals surface area contributed by atoms with Crippen LogP contribution in [-0.4, -0.2) is 60.1 Å². The Balaban J connectivity index is 1.68. The van der Waals surface area contributed by atoms with Gasteiger partial charge in [-0.05, 0) is 38.2 Å². The number of amides is 1. The number of carbonyl (C=O) groups is 1. The van der Waals surface area contributed by atoms with Crippen LogP contribution in [0, 0.1) is 6.92 Å². The van der Waals surface area contributed by atoms with Crippen molar-refractivity contribution in [2.45, 2.75) is 45.1 Å². The Morgan fingerprint density at radius 2 is 1.87 bits per heavy atom. The second-order valence-electron chi connectivity index (χ2n) is 8.31. The first-order valence-corrected chi connectivity index (χ1v) is 12.1. The van der Waals surface area contributed by atoms with Gasteiger partial charge >= 0.3 is 0 Å². The molecule has 1 amide bonds. The zero-order valence-electron chi connectivity index (χ0n) is 18.3. The van der Waals surface area contributed by atoms with Crippen LogP contribution in [-0.2, 0) is 27.8 Å². The molecule has 3 heterocycles. The highest BCUT2D eigenvalue weighted by atomic mass is 32.2. The second kappa shape index (κ2) is 8.64. The molecule has 0 radical (unpaired) electrons. The van der Waals surface area contributed by atoms with Gasteiger partial charge in [-0.2, -0.15) is 17.0 Å². The van der Waals surface area contributed by atoms with Gasteiger partial charge in [0.15, 0.2) is 0 Å². The van der Waals surface area contributed by atoms with Crippen molar-refractivity contribution < 1.29 is 13.2 Å². The fourth-order valence-electron chi connectivity index (χ4n) is 4.35. The Kier molecular flexibility index (Phi) is 6.09. The minimum absolute atomic E-state index is 0.0525. The molecule has 0 N–H and O–H groups in total. The third kappa shape index (κ3) is 4.22. The molecule has 8 nitrogen and oxygen atoms in total. The molecule has 166 valence electrons. The van der Waals surface area contributed by atoms with Crippen LogP contribution in [0.1, 0.15) is 47.9 Å². The van der Waals surface area contributed by atoms with Crippen molar-refractivity contribution in [3.05, 3.63) is 53.0 Å². The van der Waals surface area contributed by atoms with E-state index in [2.05, 4.69) is 12.1 Å². The molecule has 0 spiro atoms. The Hall–Kier alpha value is -2.36. The summed E-state index contributed by atoms with van der Waals surface area (Å²) in [5, 5.41) is 0. The van der Waals surface area contributed by atoms with Gasteiger partial charge in [0.1, 0.15) is 11.6 Å². The largest absolute Gasteiger partial charge is 0.296 e. The number of hydrogen-bond donors (Lipinski definition) is 0. The molecule has 31 heavy (non-hydrogen) atoms. The van der Waals surface area contributed by atoms with Crippen LogP contribution < -0.4 is 4.90 Å². The molecule has 0 aliphatic carbocycles. The van der Waals surface area contributed by atoms with E-state index in [9.17, 15) is 13.2 Å². The molecule has 0 saturated carbocycles. The van der Waals surface area contributed by atoms with Crippen molar-refractivity contribution in [1.29, 1.82) is 0 Å². The topological polar surface area (TPSA) is 86.7 Å². The third-order valence-corrected chi connectivity index (χ3v) is 8.03. The van der Waals surface area contributed by atoms with Gasteiger partial charge in [-0.1, -0.05) is 30.3 Å². The number of rotatable bonds is 6. The van der Waals surface area contributed by atoms with Gasteiger partial charge in [0.25, 0.3) is 10.2 Å². The number of anilines is 1. The standard InChI is InChI=1S/C22H29N5O3S/c1-16-18-11-12-20(28)26(15-13-17-8-5-4-6-9-17)22(18)24-21(23-16)19-10-7-14-27(19)31(29,30)25(2)3/h4-6,8-9,19H,7,10-15H2,1-3H3/t19-/m0/s1. The van der Waals surface area contributed by atoms with Crippen LogP contribution in [0.2, 0.25) is 0 Å². The molecule has 0 unspecified atom stereocenters. The lowest BCUT2D eigenvalue weighted by Gasteiger charge is -2.31. The van der Waals surface area contributed by atoms with E-state index in [1.54, 1.807) is 4.90 Å². The maximum atomic E-state index is 12.8. The lowest BCUT2D eigenvalue weighted by atomic mass is 10.0. The van der Waals surface area contributed by atoms with Gasteiger partial charge in [0.05, 0.1) is 6.04 Å². The van der Waals surface area contributed by atoms with E-state index in [0.717, 1.165) is 29.7 Å². The molecule has 2 aromatic rings. The minimum Gasteiger partial charge on any atom is -0.296 e. The molecular weight excluding hydrogens is 414 g/mol. The van der Waals surface area contributed by atoms with E-state index in [0.29, 0.717) is 44.0 Å². The first-order valence-electron chi connectivity index (χ1n) is 10.7. The van der Waals surface area contributed by atoms with Crippen molar-refractivity contribution in [3.63, 3.8) is 0 Å². The highest BCUT2D eigenvalue weighted by Crippen LogP contribution is 2.36. The van der Waals surface area contributed by atoms with E-state index in [1.165, 1.54) is 22.7 Å². The lowest BCUT2D eigenvalue weighted by Crippen LogP contribution is -2.41. The van der Waals surface area contributed by atoms with Gasteiger partial charge in [-0.3, -0.25) is 9.69 Å². The quantitative estimate of drug-likeness (QED) is 0.683. The van der Waals surface area contributed by atoms with Gasteiger partial charge in [0.2, 0.25) is 5.91 Å². The van der Waals surface area contributed by atoms with Crippen molar-refractivity contribution in [1.82, 2.24) is 18.6 Å². The normalized spacial score (nSPS) is 19.8. The van der Waals surface area contributed by atoms with Crippen LogP contribution in [0.25, 0.3) is 0 Å². The molecule has 2 aliphatic heterocycles. The van der Waals surface area contributed by atoms with Gasteiger partial charge < -0.3 is 0 Å². The van der Waals surface area contributed by atoms with Gasteiger partial charge in [0, 0.05) is 44.9 Å². The van der Waals surface area contributed by atoms with E-state index in [-0.39, 0.29) is 5.91 Å². The fourth-order valence-corrected chi connectivity index (χ4v) is 5.65. The van der Waals surface area contributed by atoms with Crippen molar-refractivity contribution in [2.75, 3.05) is 32.1 Å². The zero-order valence-corrected chi connectivity index (χ0v) is 19.1. The van der Waals surface area contributed by atoms with Crippen LogP contribution in [0.4, 0.5) is 5.82 Å². The monoisotopic (exact) mass is 443 g/mol. The molecule has 1 aromatic heterocycles. The molecule has 1 atom stereocenters. The number of carbonyl (C=O) groups excluding carboxylic acids is 1. The summed E-state index contributed by atoms with van der Waals surface area (Å²) < 4.78 is 28.3. The average molecular weight is 444 g/mol. The number of nitrogens with zero attached hydrogens (tertiary/aromatic N) is 5. The van der Waals surface area contributed by atoms with Crippen LogP contribution in [0.15, 0.2) is 30.3 Å². The van der Waals surface area contributed by atoms with E-state index < -0.39 is 16.3 Å². The minimum atomic E-state index is -3.57. The van der Waals surface area contributed by atoms with Crippen LogP contribution in [0.5, 0.6) is 0 Å². The van der Waals surface area contributed by atoms with Gasteiger partial charge in [-0.25, -0.2) is 9.97 Å². The highest BCUT2D eigenvalue weighted by molar-refractivity contribution is 7.86. The fraction of sp³-hybridized carbons (Fsp3) is 0.500. The predicted octanol–water partition coefficient (Wildman–Crippen LogP) is 2.25. The molecule has 9 heteroatoms. The van der Waals surface area contributed by atoms with Crippen molar-refractivity contribution >= 4 is 21.9 Å².